The van der Waals surface area contributed by atoms with Crippen LogP contribution in [0.3, 0.4) is 0 Å². The van der Waals surface area contributed by atoms with Crippen LogP contribution < -0.4 is 5.32 Å². The molecule has 2 aromatic rings. The number of rotatable bonds is 5. The smallest absolute Gasteiger partial charge is 0.0346 e. The molecule has 2 heteroatoms. The van der Waals surface area contributed by atoms with E-state index in [-0.39, 0.29) is 0 Å². The third kappa shape index (κ3) is 2.88. The van der Waals surface area contributed by atoms with E-state index in [0.717, 1.165) is 12.5 Å². The van der Waals surface area contributed by atoms with Crippen molar-refractivity contribution >= 4 is 21.4 Å². The van der Waals surface area contributed by atoms with Crippen molar-refractivity contribution in [3.8, 4) is 0 Å². The predicted octanol–water partition coefficient (Wildman–Crippen LogP) is 4.60. The Labute approximate surface area is 108 Å². The Kier molecular flexibility index (Phi) is 4.19. The first kappa shape index (κ1) is 12.6. The molecule has 0 aliphatic heterocycles. The summed E-state index contributed by atoms with van der Waals surface area (Å²) in [6.07, 6.45) is 1.20. The average Bonchev–Trinajstić information content (AvgIpc) is 2.71. The van der Waals surface area contributed by atoms with Crippen molar-refractivity contribution in [2.24, 2.45) is 5.92 Å². The Morgan fingerprint density at radius 1 is 1.24 bits per heavy atom. The molecule has 0 aliphatic rings. The fraction of sp³-hybridized carbons (Fsp3) is 0.467. The van der Waals surface area contributed by atoms with E-state index in [0.29, 0.717) is 6.04 Å². The zero-order valence-electron chi connectivity index (χ0n) is 10.9. The van der Waals surface area contributed by atoms with E-state index in [1.54, 1.807) is 0 Å². The maximum absolute atomic E-state index is 3.62. The lowest BCUT2D eigenvalue weighted by Crippen LogP contribution is -2.22. The highest BCUT2D eigenvalue weighted by Gasteiger charge is 2.15. The quantitative estimate of drug-likeness (QED) is 0.814. The molecule has 0 aliphatic carbocycles. The highest BCUT2D eigenvalue weighted by Crippen LogP contribution is 2.32. The Bertz CT molecular complexity index is 472. The first-order valence-corrected chi connectivity index (χ1v) is 7.29. The summed E-state index contributed by atoms with van der Waals surface area (Å²) >= 11 is 1.86. The molecule has 17 heavy (non-hydrogen) atoms. The monoisotopic (exact) mass is 247 g/mol. The minimum absolute atomic E-state index is 0.496. The second kappa shape index (κ2) is 5.65. The van der Waals surface area contributed by atoms with Gasteiger partial charge in [0.2, 0.25) is 0 Å². The molecule has 1 atom stereocenters. The Hall–Kier alpha value is -0.860. The summed E-state index contributed by atoms with van der Waals surface area (Å²) in [5.74, 6) is 0.720. The van der Waals surface area contributed by atoms with Crippen LogP contribution in [-0.4, -0.2) is 6.54 Å². The van der Waals surface area contributed by atoms with Crippen LogP contribution in [0.2, 0.25) is 0 Å². The van der Waals surface area contributed by atoms with Crippen molar-refractivity contribution in [2.75, 3.05) is 6.54 Å². The highest BCUT2D eigenvalue weighted by molar-refractivity contribution is 7.17. The Morgan fingerprint density at radius 3 is 2.71 bits per heavy atom. The molecule has 0 amide bonds. The highest BCUT2D eigenvalue weighted by atomic mass is 32.1. The van der Waals surface area contributed by atoms with E-state index in [9.17, 15) is 0 Å². The number of fused-ring (bicyclic) bond motifs is 1. The molecule has 0 fully saturated rings. The van der Waals surface area contributed by atoms with Gasteiger partial charge in [-0.3, -0.25) is 0 Å². The van der Waals surface area contributed by atoms with Crippen molar-refractivity contribution in [1.29, 1.82) is 0 Å². The summed E-state index contributed by atoms with van der Waals surface area (Å²) < 4.78 is 1.40. The van der Waals surface area contributed by atoms with E-state index >= 15 is 0 Å². The number of hydrogen-bond acceptors (Lipinski definition) is 2. The Balaban J connectivity index is 2.34. The van der Waals surface area contributed by atoms with Crippen LogP contribution in [-0.2, 0) is 0 Å². The second-order valence-electron chi connectivity index (χ2n) is 4.93. The molecular weight excluding hydrogens is 226 g/mol. The standard InChI is InChI=1S/C15H21NS/c1-4-16-14(9-11(2)3)13-10-17-15-8-6-5-7-12(13)15/h5-8,10-11,14,16H,4,9H2,1-3H3. The van der Waals surface area contributed by atoms with Gasteiger partial charge in [-0.2, -0.15) is 0 Å². The lowest BCUT2D eigenvalue weighted by Gasteiger charge is -2.19. The van der Waals surface area contributed by atoms with Gasteiger partial charge < -0.3 is 5.32 Å². The molecule has 2 rings (SSSR count). The van der Waals surface area contributed by atoms with Gasteiger partial charge in [-0.05, 0) is 41.3 Å². The van der Waals surface area contributed by atoms with Gasteiger partial charge in [-0.25, -0.2) is 0 Å². The minimum Gasteiger partial charge on any atom is -0.310 e. The van der Waals surface area contributed by atoms with Gasteiger partial charge in [0.15, 0.2) is 0 Å². The molecule has 1 nitrogen and oxygen atoms in total. The van der Waals surface area contributed by atoms with E-state index in [2.05, 4.69) is 55.7 Å². The summed E-state index contributed by atoms with van der Waals surface area (Å²) in [4.78, 5) is 0. The molecule has 1 unspecified atom stereocenters. The lowest BCUT2D eigenvalue weighted by molar-refractivity contribution is 0.441. The average molecular weight is 247 g/mol. The van der Waals surface area contributed by atoms with Crippen molar-refractivity contribution in [1.82, 2.24) is 5.32 Å². The van der Waals surface area contributed by atoms with Crippen molar-refractivity contribution in [3.05, 3.63) is 35.2 Å². The SMILES string of the molecule is CCNC(CC(C)C)c1csc2ccccc12. The number of thiophene rings is 1. The summed E-state index contributed by atoms with van der Waals surface area (Å²) in [6.45, 7) is 7.79. The van der Waals surface area contributed by atoms with Crippen LogP contribution in [0.1, 0.15) is 38.8 Å². The largest absolute Gasteiger partial charge is 0.310 e. The summed E-state index contributed by atoms with van der Waals surface area (Å²) in [5.41, 5.74) is 1.47. The zero-order chi connectivity index (χ0) is 12.3. The van der Waals surface area contributed by atoms with Crippen LogP contribution in [0, 0.1) is 5.92 Å². The molecule has 0 bridgehead atoms. The topological polar surface area (TPSA) is 12.0 Å². The lowest BCUT2D eigenvalue weighted by atomic mass is 9.96. The van der Waals surface area contributed by atoms with E-state index in [4.69, 9.17) is 0 Å². The van der Waals surface area contributed by atoms with Crippen molar-refractivity contribution in [2.45, 2.75) is 33.2 Å². The summed E-state index contributed by atoms with van der Waals surface area (Å²) in [7, 11) is 0. The first-order chi connectivity index (χ1) is 8.22. The number of benzene rings is 1. The van der Waals surface area contributed by atoms with Crippen LogP contribution >= 0.6 is 11.3 Å². The molecule has 1 aromatic carbocycles. The zero-order valence-corrected chi connectivity index (χ0v) is 11.7. The fourth-order valence-corrected chi connectivity index (χ4v) is 3.32. The molecule has 0 saturated carbocycles. The summed E-state index contributed by atoms with van der Waals surface area (Å²) in [5, 5.41) is 7.36. The second-order valence-corrected chi connectivity index (χ2v) is 5.84. The van der Waals surface area contributed by atoms with E-state index in [1.807, 2.05) is 11.3 Å². The van der Waals surface area contributed by atoms with Crippen LogP contribution in [0.4, 0.5) is 0 Å². The Morgan fingerprint density at radius 2 is 2.00 bits per heavy atom. The molecule has 0 radical (unpaired) electrons. The van der Waals surface area contributed by atoms with Crippen molar-refractivity contribution < 1.29 is 0 Å². The molecule has 1 aromatic heterocycles. The van der Waals surface area contributed by atoms with E-state index < -0.39 is 0 Å². The maximum atomic E-state index is 3.62. The minimum atomic E-state index is 0.496. The van der Waals surface area contributed by atoms with Gasteiger partial charge in [-0.15, -0.1) is 11.3 Å². The van der Waals surface area contributed by atoms with Crippen LogP contribution in [0.5, 0.6) is 0 Å². The fourth-order valence-electron chi connectivity index (χ4n) is 2.31. The van der Waals surface area contributed by atoms with Crippen molar-refractivity contribution in [3.63, 3.8) is 0 Å². The number of nitrogens with one attached hydrogen (secondary N) is 1. The normalized spacial score (nSPS) is 13.4. The van der Waals surface area contributed by atoms with Gasteiger partial charge in [0.1, 0.15) is 0 Å². The molecule has 92 valence electrons. The van der Waals surface area contributed by atoms with Crippen LogP contribution in [0.25, 0.3) is 10.1 Å². The van der Waals surface area contributed by atoms with E-state index in [1.165, 1.54) is 22.1 Å². The molecule has 0 saturated heterocycles. The van der Waals surface area contributed by atoms with Crippen LogP contribution in [0.15, 0.2) is 29.6 Å². The predicted molar refractivity (Wildman–Crippen MR) is 77.7 cm³/mol. The molecule has 0 spiro atoms. The van der Waals surface area contributed by atoms with Gasteiger partial charge >= 0.3 is 0 Å². The van der Waals surface area contributed by atoms with Gasteiger partial charge in [0, 0.05) is 10.7 Å². The summed E-state index contributed by atoms with van der Waals surface area (Å²) in [6, 6.07) is 9.20. The molecular formula is C15H21NS. The maximum Gasteiger partial charge on any atom is 0.0346 e. The molecule has 1 N–H and O–H groups in total. The van der Waals surface area contributed by atoms with Gasteiger partial charge in [-0.1, -0.05) is 39.0 Å². The first-order valence-electron chi connectivity index (χ1n) is 6.42. The third-order valence-corrected chi connectivity index (χ3v) is 4.03. The van der Waals surface area contributed by atoms with Gasteiger partial charge in [0.25, 0.3) is 0 Å². The third-order valence-electron chi connectivity index (χ3n) is 3.04. The van der Waals surface area contributed by atoms with Gasteiger partial charge in [0.05, 0.1) is 0 Å². The number of hydrogen-bond donors (Lipinski definition) is 1. The molecule has 1 heterocycles.